The Kier molecular flexibility index (Phi) is 5.76. The van der Waals surface area contributed by atoms with Crippen molar-refractivity contribution < 1.29 is 14.7 Å². The Morgan fingerprint density at radius 1 is 1.13 bits per heavy atom. The summed E-state index contributed by atoms with van der Waals surface area (Å²) in [4.78, 5) is 22.0. The van der Waals surface area contributed by atoms with Crippen LogP contribution in [0.1, 0.15) is 16.7 Å². The van der Waals surface area contributed by atoms with Crippen LogP contribution in [-0.4, -0.2) is 28.7 Å². The zero-order chi connectivity index (χ0) is 21.7. The van der Waals surface area contributed by atoms with E-state index in [1.165, 1.54) is 0 Å². The molecular weight excluding hydrogens is 392 g/mol. The molecule has 2 aromatic carbocycles. The number of carbonyl (C=O) groups excluding carboxylic acids is 1. The van der Waals surface area contributed by atoms with Crippen molar-refractivity contribution in [1.82, 2.24) is 10.5 Å². The minimum Gasteiger partial charge on any atom is -0.394 e. The number of nitrogens with one attached hydrogen (secondary N) is 2. The lowest BCUT2D eigenvalue weighted by molar-refractivity contribution is -0.125. The Morgan fingerprint density at radius 2 is 1.87 bits per heavy atom. The Labute approximate surface area is 179 Å². The lowest BCUT2D eigenvalue weighted by atomic mass is 9.76. The van der Waals surface area contributed by atoms with E-state index in [-0.39, 0.29) is 12.5 Å². The van der Waals surface area contributed by atoms with Crippen molar-refractivity contribution in [3.63, 3.8) is 0 Å². The first kappa shape index (κ1) is 20.3. The fourth-order valence-electron chi connectivity index (χ4n) is 3.44. The molecule has 7 nitrogen and oxygen atoms in total. The second-order valence-corrected chi connectivity index (χ2v) is 7.07. The molecule has 0 fully saturated rings. The summed E-state index contributed by atoms with van der Waals surface area (Å²) in [5, 5.41) is 22.7. The molecule has 2 unspecified atom stereocenters. The van der Waals surface area contributed by atoms with Crippen molar-refractivity contribution in [3.8, 4) is 6.07 Å². The molecule has 0 radical (unpaired) electrons. The number of hydrogen-bond donors (Lipinski definition) is 3. The van der Waals surface area contributed by atoms with Crippen molar-refractivity contribution in [3.05, 3.63) is 102 Å². The van der Waals surface area contributed by atoms with Gasteiger partial charge >= 0.3 is 0 Å². The molecule has 0 bridgehead atoms. The number of anilines is 1. The maximum Gasteiger partial charge on any atom is 0.260 e. The van der Waals surface area contributed by atoms with E-state index >= 15 is 0 Å². The number of aromatic nitrogens is 1. The van der Waals surface area contributed by atoms with Gasteiger partial charge in [-0.2, -0.15) is 5.26 Å². The molecule has 0 spiro atoms. The maximum absolute atomic E-state index is 12.6. The van der Waals surface area contributed by atoms with Crippen LogP contribution < -0.4 is 10.8 Å². The topological polar surface area (TPSA) is 107 Å². The van der Waals surface area contributed by atoms with E-state index in [0.717, 1.165) is 5.56 Å². The molecule has 1 aromatic heterocycles. The standard InChI is InChI=1S/C24H20N4O3/c25-15-24(16-29,18-6-2-1-3-7-18)19-8-10-20(11-9-19)27-23(30)22-13-21(28-31-22)17-5-4-12-26-14-17/h1-14,22,28-29H,16H2,(H,27,30). The summed E-state index contributed by atoms with van der Waals surface area (Å²) in [6, 6.07) is 21.9. The summed E-state index contributed by atoms with van der Waals surface area (Å²) < 4.78 is 0. The molecule has 7 heteroatoms. The van der Waals surface area contributed by atoms with E-state index in [1.54, 1.807) is 48.8 Å². The summed E-state index contributed by atoms with van der Waals surface area (Å²) in [5.41, 5.74) is 4.96. The van der Waals surface area contributed by atoms with Gasteiger partial charge in [0.15, 0.2) is 6.10 Å². The van der Waals surface area contributed by atoms with Crippen LogP contribution >= 0.6 is 0 Å². The lowest BCUT2D eigenvalue weighted by Crippen LogP contribution is -2.30. The Balaban J connectivity index is 1.49. The molecule has 1 amide bonds. The smallest absolute Gasteiger partial charge is 0.260 e. The lowest BCUT2D eigenvalue weighted by Gasteiger charge is -2.25. The number of aliphatic hydroxyl groups excluding tert-OH is 1. The zero-order valence-electron chi connectivity index (χ0n) is 16.5. The third-order valence-corrected chi connectivity index (χ3v) is 5.18. The van der Waals surface area contributed by atoms with E-state index in [1.807, 2.05) is 36.4 Å². The number of hydrogen-bond acceptors (Lipinski definition) is 6. The number of nitrogens with zero attached hydrogens (tertiary/aromatic N) is 2. The molecule has 2 heterocycles. The van der Waals surface area contributed by atoms with Gasteiger partial charge in [0.25, 0.3) is 5.91 Å². The van der Waals surface area contributed by atoms with Gasteiger partial charge in [-0.1, -0.05) is 42.5 Å². The van der Waals surface area contributed by atoms with Gasteiger partial charge in [0.2, 0.25) is 0 Å². The highest BCUT2D eigenvalue weighted by atomic mass is 16.7. The summed E-state index contributed by atoms with van der Waals surface area (Å²) in [5.74, 6) is -0.337. The van der Waals surface area contributed by atoms with Crippen LogP contribution in [0.4, 0.5) is 5.69 Å². The van der Waals surface area contributed by atoms with Crippen molar-refractivity contribution >= 4 is 17.3 Å². The van der Waals surface area contributed by atoms with E-state index in [0.29, 0.717) is 22.5 Å². The molecule has 1 aliphatic rings. The first-order valence-electron chi connectivity index (χ1n) is 9.69. The molecule has 31 heavy (non-hydrogen) atoms. The number of carbonyl (C=O) groups is 1. The predicted molar refractivity (Wildman–Crippen MR) is 115 cm³/mol. The normalized spacial score (nSPS) is 17.0. The van der Waals surface area contributed by atoms with Crippen molar-refractivity contribution in [2.45, 2.75) is 11.5 Å². The predicted octanol–water partition coefficient (Wildman–Crippen LogP) is 2.77. The highest BCUT2D eigenvalue weighted by Crippen LogP contribution is 2.32. The number of aliphatic hydroxyl groups is 1. The van der Waals surface area contributed by atoms with E-state index < -0.39 is 11.5 Å². The average Bonchev–Trinajstić information content (AvgIpc) is 3.33. The number of benzene rings is 2. The van der Waals surface area contributed by atoms with Crippen LogP contribution in [0.2, 0.25) is 0 Å². The van der Waals surface area contributed by atoms with Crippen LogP contribution in [0.5, 0.6) is 0 Å². The van der Waals surface area contributed by atoms with Crippen LogP contribution in [0.25, 0.3) is 5.70 Å². The van der Waals surface area contributed by atoms with Gasteiger partial charge in [-0.15, -0.1) is 0 Å². The average molecular weight is 412 g/mol. The fourth-order valence-corrected chi connectivity index (χ4v) is 3.44. The molecular formula is C24H20N4O3. The number of nitriles is 1. The first-order chi connectivity index (χ1) is 15.2. The molecule has 3 aromatic rings. The van der Waals surface area contributed by atoms with Crippen LogP contribution in [0.3, 0.4) is 0 Å². The van der Waals surface area contributed by atoms with Gasteiger partial charge in [0, 0.05) is 23.6 Å². The van der Waals surface area contributed by atoms with E-state index in [9.17, 15) is 15.2 Å². The molecule has 2 atom stereocenters. The largest absolute Gasteiger partial charge is 0.394 e. The molecule has 154 valence electrons. The Hall–Kier alpha value is -3.99. The van der Waals surface area contributed by atoms with Gasteiger partial charge < -0.3 is 10.4 Å². The van der Waals surface area contributed by atoms with E-state index in [4.69, 9.17) is 4.84 Å². The summed E-state index contributed by atoms with van der Waals surface area (Å²) in [6.45, 7) is -0.358. The monoisotopic (exact) mass is 412 g/mol. The van der Waals surface area contributed by atoms with Crippen LogP contribution in [0, 0.1) is 11.3 Å². The SMILES string of the molecule is N#CC(CO)(c1ccccc1)c1ccc(NC(=O)C2C=C(c3cccnc3)NO2)cc1. The fraction of sp³-hybridized carbons (Fsp3) is 0.125. The van der Waals surface area contributed by atoms with Crippen molar-refractivity contribution in [2.24, 2.45) is 0 Å². The molecule has 1 aliphatic heterocycles. The maximum atomic E-state index is 12.6. The van der Waals surface area contributed by atoms with Gasteiger partial charge in [-0.3, -0.25) is 20.1 Å². The summed E-state index contributed by atoms with van der Waals surface area (Å²) >= 11 is 0. The van der Waals surface area contributed by atoms with Gasteiger partial charge in [-0.05, 0) is 41.5 Å². The van der Waals surface area contributed by atoms with Crippen LogP contribution in [0.15, 0.2) is 85.2 Å². The van der Waals surface area contributed by atoms with Crippen molar-refractivity contribution in [2.75, 3.05) is 11.9 Å². The molecule has 3 N–H and O–H groups in total. The minimum absolute atomic E-state index is 0.337. The zero-order valence-corrected chi connectivity index (χ0v) is 16.5. The highest BCUT2D eigenvalue weighted by Gasteiger charge is 2.34. The Bertz CT molecular complexity index is 1120. The molecule has 4 rings (SSSR count). The number of hydroxylamine groups is 1. The third kappa shape index (κ3) is 4.03. The number of pyridine rings is 1. The summed E-state index contributed by atoms with van der Waals surface area (Å²) in [7, 11) is 0. The van der Waals surface area contributed by atoms with Crippen molar-refractivity contribution in [1.29, 1.82) is 5.26 Å². The van der Waals surface area contributed by atoms with Crippen LogP contribution in [-0.2, 0) is 15.0 Å². The number of rotatable bonds is 6. The van der Waals surface area contributed by atoms with Gasteiger partial charge in [-0.25, -0.2) is 0 Å². The third-order valence-electron chi connectivity index (χ3n) is 5.18. The summed E-state index contributed by atoms with van der Waals surface area (Å²) in [6.07, 6.45) is 4.23. The van der Waals surface area contributed by atoms with Gasteiger partial charge in [0.05, 0.1) is 18.4 Å². The molecule has 0 saturated carbocycles. The second-order valence-electron chi connectivity index (χ2n) is 7.07. The van der Waals surface area contributed by atoms with E-state index in [2.05, 4.69) is 21.9 Å². The quantitative estimate of drug-likeness (QED) is 0.575. The Morgan fingerprint density at radius 3 is 2.52 bits per heavy atom. The second kappa shape index (κ2) is 8.79. The van der Waals surface area contributed by atoms with Gasteiger partial charge in [0.1, 0.15) is 5.41 Å². The minimum atomic E-state index is -1.18. The molecule has 0 saturated heterocycles. The first-order valence-corrected chi connectivity index (χ1v) is 9.69. The number of amides is 1. The highest BCUT2D eigenvalue weighted by molar-refractivity contribution is 5.97. The molecule has 0 aliphatic carbocycles.